The lowest BCUT2D eigenvalue weighted by Crippen LogP contribution is -1.96. The lowest BCUT2D eigenvalue weighted by Gasteiger charge is -2.06. The van der Waals surface area contributed by atoms with Crippen molar-refractivity contribution in [2.75, 3.05) is 0 Å². The molecule has 0 aliphatic rings. The molecule has 6 rings (SSSR count). The number of rotatable bonds is 2. The van der Waals surface area contributed by atoms with Crippen molar-refractivity contribution in [1.29, 1.82) is 0 Å². The lowest BCUT2D eigenvalue weighted by atomic mass is 10.2. The monoisotopic (exact) mass is 363 g/mol. The minimum absolute atomic E-state index is 0.481. The van der Waals surface area contributed by atoms with Crippen LogP contribution in [0.2, 0.25) is 0 Å². The van der Waals surface area contributed by atoms with E-state index in [4.69, 9.17) is 4.42 Å². The van der Waals surface area contributed by atoms with E-state index in [0.29, 0.717) is 17.2 Å². The van der Waals surface area contributed by atoms with Gasteiger partial charge in [-0.15, -0.1) is 0 Å². The van der Waals surface area contributed by atoms with Gasteiger partial charge in [-0.05, 0) is 36.4 Å². The zero-order valence-electron chi connectivity index (χ0n) is 14.6. The Morgan fingerprint density at radius 2 is 1.71 bits per heavy atom. The Hall–Kier alpha value is -4.06. The Morgan fingerprint density at radius 1 is 0.786 bits per heavy atom. The maximum Gasteiger partial charge on any atom is 0.246 e. The van der Waals surface area contributed by atoms with Crippen molar-refractivity contribution in [2.24, 2.45) is 0 Å². The van der Waals surface area contributed by atoms with Crippen LogP contribution in [0.3, 0.4) is 0 Å². The number of pyridine rings is 3. The highest BCUT2D eigenvalue weighted by atomic mass is 16.3. The topological polar surface area (TPSA) is 69.6 Å². The fourth-order valence-corrected chi connectivity index (χ4v) is 3.59. The third-order valence-corrected chi connectivity index (χ3v) is 4.85. The molecule has 0 N–H and O–H groups in total. The van der Waals surface area contributed by atoms with Gasteiger partial charge in [0.1, 0.15) is 16.9 Å². The molecular formula is C22H13N5O. The summed E-state index contributed by atoms with van der Waals surface area (Å²) in [4.78, 5) is 17.7. The number of hydrogen-bond acceptors (Lipinski definition) is 5. The van der Waals surface area contributed by atoms with Crippen molar-refractivity contribution in [3.8, 4) is 17.3 Å². The first-order valence-corrected chi connectivity index (χ1v) is 8.90. The summed E-state index contributed by atoms with van der Waals surface area (Å²) in [6, 6.07) is 18.1. The summed E-state index contributed by atoms with van der Waals surface area (Å²) in [7, 11) is 0. The number of benzene rings is 1. The van der Waals surface area contributed by atoms with Crippen LogP contribution in [0.1, 0.15) is 0 Å². The maximum atomic E-state index is 5.77. The number of nitrogens with zero attached hydrogens (tertiary/aromatic N) is 5. The second-order valence-corrected chi connectivity index (χ2v) is 6.49. The summed E-state index contributed by atoms with van der Waals surface area (Å²) in [5, 5.41) is 2.29. The molecule has 0 radical (unpaired) electrons. The number of oxazole rings is 1. The summed E-state index contributed by atoms with van der Waals surface area (Å²) in [5.74, 6) is 0.481. The molecule has 1 aromatic carbocycles. The molecule has 132 valence electrons. The molecule has 0 bridgehead atoms. The highest BCUT2D eigenvalue weighted by Gasteiger charge is 2.14. The van der Waals surface area contributed by atoms with Crippen LogP contribution in [0.5, 0.6) is 0 Å². The molecule has 0 spiro atoms. The van der Waals surface area contributed by atoms with E-state index in [9.17, 15) is 0 Å². The molecule has 0 fully saturated rings. The first-order valence-electron chi connectivity index (χ1n) is 8.90. The largest absolute Gasteiger partial charge is 0.433 e. The van der Waals surface area contributed by atoms with Crippen molar-refractivity contribution in [1.82, 2.24) is 24.5 Å². The van der Waals surface area contributed by atoms with Crippen molar-refractivity contribution in [2.45, 2.75) is 0 Å². The summed E-state index contributed by atoms with van der Waals surface area (Å²) >= 11 is 0. The Bertz CT molecular complexity index is 1380. The molecular weight excluding hydrogens is 350 g/mol. The lowest BCUT2D eigenvalue weighted by molar-refractivity contribution is 0.615. The highest BCUT2D eigenvalue weighted by Crippen LogP contribution is 2.31. The molecule has 5 heterocycles. The van der Waals surface area contributed by atoms with Crippen molar-refractivity contribution >= 4 is 33.0 Å². The second kappa shape index (κ2) is 5.72. The zero-order chi connectivity index (χ0) is 18.5. The highest BCUT2D eigenvalue weighted by molar-refractivity contribution is 6.07. The molecule has 0 amide bonds. The third kappa shape index (κ3) is 2.15. The standard InChI is InChI=1S/C22H13N5O/c1-2-6-19-15(4-1)16-5-3-10-24-21(16)27(19)14-7-8-18(25-12-14)22-26-17-9-11-23-13-20(17)28-22/h1-13H. The van der Waals surface area contributed by atoms with E-state index in [-0.39, 0.29) is 0 Å². The summed E-state index contributed by atoms with van der Waals surface area (Å²) < 4.78 is 7.89. The second-order valence-electron chi connectivity index (χ2n) is 6.49. The Kier molecular flexibility index (Phi) is 3.07. The molecule has 28 heavy (non-hydrogen) atoms. The van der Waals surface area contributed by atoms with Gasteiger partial charge in [-0.1, -0.05) is 18.2 Å². The Morgan fingerprint density at radius 3 is 2.61 bits per heavy atom. The van der Waals surface area contributed by atoms with E-state index in [1.807, 2.05) is 48.8 Å². The van der Waals surface area contributed by atoms with Gasteiger partial charge in [-0.25, -0.2) is 15.0 Å². The van der Waals surface area contributed by atoms with E-state index >= 15 is 0 Å². The van der Waals surface area contributed by atoms with Gasteiger partial charge in [-0.2, -0.15) is 0 Å². The molecule has 6 aromatic rings. The van der Waals surface area contributed by atoms with E-state index < -0.39 is 0 Å². The number of hydrogen-bond donors (Lipinski definition) is 0. The average molecular weight is 363 g/mol. The third-order valence-electron chi connectivity index (χ3n) is 4.85. The van der Waals surface area contributed by atoms with Crippen LogP contribution in [0, 0.1) is 0 Å². The van der Waals surface area contributed by atoms with Crippen LogP contribution < -0.4 is 0 Å². The smallest absolute Gasteiger partial charge is 0.246 e. The van der Waals surface area contributed by atoms with Crippen LogP contribution in [0.4, 0.5) is 0 Å². The van der Waals surface area contributed by atoms with E-state index in [0.717, 1.165) is 27.8 Å². The molecule has 0 saturated carbocycles. The van der Waals surface area contributed by atoms with Gasteiger partial charge in [0.05, 0.1) is 23.6 Å². The molecule has 5 aromatic heterocycles. The van der Waals surface area contributed by atoms with Gasteiger partial charge in [0, 0.05) is 23.2 Å². The molecule has 0 aliphatic carbocycles. The summed E-state index contributed by atoms with van der Waals surface area (Å²) in [5.41, 5.74) is 5.03. The quantitative estimate of drug-likeness (QED) is 0.443. The van der Waals surface area contributed by atoms with Crippen LogP contribution >= 0.6 is 0 Å². The minimum atomic E-state index is 0.481. The fourth-order valence-electron chi connectivity index (χ4n) is 3.59. The first kappa shape index (κ1) is 15.0. The van der Waals surface area contributed by atoms with Crippen molar-refractivity contribution in [3.63, 3.8) is 0 Å². The summed E-state index contributed by atoms with van der Waals surface area (Å²) in [6.07, 6.45) is 6.99. The van der Waals surface area contributed by atoms with Gasteiger partial charge in [0.2, 0.25) is 5.89 Å². The van der Waals surface area contributed by atoms with Gasteiger partial charge in [0.25, 0.3) is 0 Å². The number of fused-ring (bicyclic) bond motifs is 4. The molecule has 6 nitrogen and oxygen atoms in total. The predicted molar refractivity (Wildman–Crippen MR) is 107 cm³/mol. The summed E-state index contributed by atoms with van der Waals surface area (Å²) in [6.45, 7) is 0. The van der Waals surface area contributed by atoms with Gasteiger partial charge in [-0.3, -0.25) is 9.55 Å². The molecule has 0 atom stereocenters. The van der Waals surface area contributed by atoms with Crippen molar-refractivity contribution < 1.29 is 4.42 Å². The molecule has 0 unspecified atom stereocenters. The van der Waals surface area contributed by atoms with Crippen LogP contribution in [-0.2, 0) is 0 Å². The molecule has 0 saturated heterocycles. The van der Waals surface area contributed by atoms with E-state index in [2.05, 4.69) is 42.7 Å². The van der Waals surface area contributed by atoms with Gasteiger partial charge >= 0.3 is 0 Å². The van der Waals surface area contributed by atoms with Crippen LogP contribution in [0.25, 0.3) is 50.3 Å². The normalized spacial score (nSPS) is 11.6. The Balaban J connectivity index is 1.52. The fraction of sp³-hybridized carbons (Fsp3) is 0. The first-order chi connectivity index (χ1) is 13.9. The number of aromatic nitrogens is 5. The number of para-hydroxylation sites is 1. The van der Waals surface area contributed by atoms with Gasteiger partial charge in [0.15, 0.2) is 5.58 Å². The predicted octanol–water partition coefficient (Wildman–Crippen LogP) is 4.78. The van der Waals surface area contributed by atoms with Gasteiger partial charge < -0.3 is 4.42 Å². The van der Waals surface area contributed by atoms with Crippen LogP contribution in [-0.4, -0.2) is 24.5 Å². The molecule has 0 aliphatic heterocycles. The van der Waals surface area contributed by atoms with E-state index in [1.165, 1.54) is 5.39 Å². The van der Waals surface area contributed by atoms with Crippen molar-refractivity contribution in [3.05, 3.63) is 79.4 Å². The average Bonchev–Trinajstić information content (AvgIpc) is 3.33. The maximum absolute atomic E-state index is 5.77. The zero-order valence-corrected chi connectivity index (χ0v) is 14.6. The van der Waals surface area contributed by atoms with Crippen LogP contribution in [0.15, 0.2) is 83.8 Å². The minimum Gasteiger partial charge on any atom is -0.433 e. The Labute approximate surface area is 159 Å². The SMILES string of the molecule is c1ccc2c(c1)c1cccnc1n2-c1ccc(-c2nc3ccncc3o2)nc1. The molecule has 6 heteroatoms. The van der Waals surface area contributed by atoms with E-state index in [1.54, 1.807) is 12.4 Å².